The van der Waals surface area contributed by atoms with E-state index in [2.05, 4.69) is 36.0 Å². The summed E-state index contributed by atoms with van der Waals surface area (Å²) in [5, 5.41) is 6.40. The van der Waals surface area contributed by atoms with Crippen LogP contribution in [-0.4, -0.2) is 47.9 Å². The minimum Gasteiger partial charge on any atom is -0.371 e. The molecule has 2 heterocycles. The first-order valence-electron chi connectivity index (χ1n) is 11.2. The maximum Gasteiger partial charge on any atom is 0.279 e. The molecule has 5 nitrogen and oxygen atoms in total. The summed E-state index contributed by atoms with van der Waals surface area (Å²) >= 11 is 0. The zero-order valence-electron chi connectivity index (χ0n) is 18.6. The van der Waals surface area contributed by atoms with E-state index < -0.39 is 0 Å². The topological polar surface area (TPSA) is 41.4 Å². The number of anilines is 1. The Kier molecular flexibility index (Phi) is 5.50. The van der Waals surface area contributed by atoms with Crippen LogP contribution < -0.4 is 10.5 Å². The summed E-state index contributed by atoms with van der Waals surface area (Å²) in [5.74, 6) is 0. The van der Waals surface area contributed by atoms with Crippen LogP contribution in [0.4, 0.5) is 5.69 Å². The van der Waals surface area contributed by atoms with Crippen molar-refractivity contribution in [1.82, 2.24) is 14.7 Å². The Labute approximate surface area is 188 Å². The average molecular weight is 425 g/mol. The molecule has 1 aromatic heterocycles. The van der Waals surface area contributed by atoms with Crippen molar-refractivity contribution >= 4 is 16.5 Å². The molecule has 1 fully saturated rings. The number of hydrogen-bond acceptors (Lipinski definition) is 4. The van der Waals surface area contributed by atoms with Gasteiger partial charge in [-0.2, -0.15) is 9.78 Å². The molecule has 3 aromatic carbocycles. The molecule has 1 saturated heterocycles. The average Bonchev–Trinajstić information content (AvgIpc) is 2.85. The molecule has 0 bridgehead atoms. The maximum atomic E-state index is 13.4. The van der Waals surface area contributed by atoms with E-state index in [9.17, 15) is 4.79 Å². The van der Waals surface area contributed by atoms with Gasteiger partial charge in [-0.15, -0.1) is 0 Å². The second-order valence-electron chi connectivity index (χ2n) is 8.68. The van der Waals surface area contributed by atoms with Crippen molar-refractivity contribution in [2.75, 3.05) is 32.1 Å². The molecule has 32 heavy (non-hydrogen) atoms. The molecule has 1 aliphatic rings. The Morgan fingerprint density at radius 1 is 0.812 bits per heavy atom. The molecule has 0 unspecified atom stereocenters. The third-order valence-electron chi connectivity index (χ3n) is 6.49. The molecule has 0 spiro atoms. The fourth-order valence-electron chi connectivity index (χ4n) is 4.64. The van der Waals surface area contributed by atoms with E-state index in [1.807, 2.05) is 66.7 Å². The van der Waals surface area contributed by atoms with E-state index in [1.54, 1.807) is 4.68 Å². The second-order valence-corrected chi connectivity index (χ2v) is 8.68. The SMILES string of the molecule is CN(C)C1CCN(c2cccc(-n3nc(-c4ccccc4)c4ccccc4c3=O)c2)CC1. The van der Waals surface area contributed by atoms with Crippen molar-refractivity contribution in [1.29, 1.82) is 0 Å². The van der Waals surface area contributed by atoms with E-state index in [0.29, 0.717) is 11.4 Å². The lowest BCUT2D eigenvalue weighted by molar-refractivity contribution is 0.249. The summed E-state index contributed by atoms with van der Waals surface area (Å²) < 4.78 is 1.56. The van der Waals surface area contributed by atoms with Gasteiger partial charge in [0.15, 0.2) is 0 Å². The fraction of sp³-hybridized carbons (Fsp3) is 0.259. The minimum atomic E-state index is -0.0938. The van der Waals surface area contributed by atoms with Crippen LogP contribution in [0.1, 0.15) is 12.8 Å². The van der Waals surface area contributed by atoms with Gasteiger partial charge in [-0.25, -0.2) is 0 Å². The number of piperidine rings is 1. The Hall–Kier alpha value is -3.44. The second kappa shape index (κ2) is 8.60. The van der Waals surface area contributed by atoms with Gasteiger partial charge < -0.3 is 9.80 Å². The first-order chi connectivity index (χ1) is 15.6. The van der Waals surface area contributed by atoms with Gasteiger partial charge >= 0.3 is 0 Å². The van der Waals surface area contributed by atoms with E-state index in [1.165, 1.54) is 0 Å². The lowest BCUT2D eigenvalue weighted by atomic mass is 10.0. The van der Waals surface area contributed by atoms with E-state index in [-0.39, 0.29) is 5.56 Å². The maximum absolute atomic E-state index is 13.4. The highest BCUT2D eigenvalue weighted by atomic mass is 16.1. The van der Waals surface area contributed by atoms with Crippen molar-refractivity contribution < 1.29 is 0 Å². The van der Waals surface area contributed by atoms with Crippen molar-refractivity contribution in [3.63, 3.8) is 0 Å². The summed E-state index contributed by atoms with van der Waals surface area (Å²) in [6.45, 7) is 2.03. The monoisotopic (exact) mass is 424 g/mol. The Balaban J connectivity index is 1.58. The first-order valence-corrected chi connectivity index (χ1v) is 11.2. The summed E-state index contributed by atoms with van der Waals surface area (Å²) in [4.78, 5) is 18.1. The molecule has 0 amide bonds. The molecule has 5 rings (SSSR count). The van der Waals surface area contributed by atoms with Gasteiger partial charge in [0.1, 0.15) is 0 Å². The van der Waals surface area contributed by atoms with Gasteiger partial charge in [0.2, 0.25) is 0 Å². The van der Waals surface area contributed by atoms with Gasteiger partial charge in [0.05, 0.1) is 16.8 Å². The third-order valence-corrected chi connectivity index (χ3v) is 6.49. The van der Waals surface area contributed by atoms with Crippen molar-refractivity contribution in [3.05, 3.63) is 89.2 Å². The Morgan fingerprint density at radius 2 is 1.47 bits per heavy atom. The molecular weight excluding hydrogens is 396 g/mol. The normalized spacial score (nSPS) is 14.9. The summed E-state index contributed by atoms with van der Waals surface area (Å²) in [5.41, 5.74) is 3.66. The standard InChI is InChI=1S/C27H28N4O/c1-29(2)21-15-17-30(18-16-21)22-11-8-12-23(19-22)31-27(32)25-14-7-6-13-24(25)26(28-31)20-9-4-3-5-10-20/h3-14,19,21H,15-18H2,1-2H3. The van der Waals surface area contributed by atoms with Crippen LogP contribution >= 0.6 is 0 Å². The third kappa shape index (κ3) is 3.80. The van der Waals surface area contributed by atoms with Gasteiger partial charge in [-0.3, -0.25) is 4.79 Å². The van der Waals surface area contributed by atoms with Gasteiger partial charge in [0, 0.05) is 35.8 Å². The predicted octanol–water partition coefficient (Wildman–Crippen LogP) is 4.58. The smallest absolute Gasteiger partial charge is 0.279 e. The molecule has 0 radical (unpaired) electrons. The van der Waals surface area contributed by atoms with Crippen LogP contribution in [0, 0.1) is 0 Å². The fourth-order valence-corrected chi connectivity index (χ4v) is 4.64. The number of nitrogens with zero attached hydrogens (tertiary/aromatic N) is 4. The highest BCUT2D eigenvalue weighted by Gasteiger charge is 2.21. The lowest BCUT2D eigenvalue weighted by Gasteiger charge is -2.36. The molecule has 0 N–H and O–H groups in total. The number of fused-ring (bicyclic) bond motifs is 1. The van der Waals surface area contributed by atoms with E-state index in [0.717, 1.165) is 53.9 Å². The Morgan fingerprint density at radius 3 is 2.19 bits per heavy atom. The number of aromatic nitrogens is 2. The van der Waals surface area contributed by atoms with Gasteiger partial charge in [0.25, 0.3) is 5.56 Å². The molecule has 0 aliphatic carbocycles. The minimum absolute atomic E-state index is 0.0938. The van der Waals surface area contributed by atoms with Crippen molar-refractivity contribution in [2.45, 2.75) is 18.9 Å². The summed E-state index contributed by atoms with van der Waals surface area (Å²) in [6, 6.07) is 26.6. The van der Waals surface area contributed by atoms with Gasteiger partial charge in [-0.1, -0.05) is 54.6 Å². The van der Waals surface area contributed by atoms with Crippen LogP contribution in [-0.2, 0) is 0 Å². The molecule has 1 aliphatic heterocycles. The summed E-state index contributed by atoms with van der Waals surface area (Å²) in [6.07, 6.45) is 2.28. The first kappa shape index (κ1) is 20.5. The van der Waals surface area contributed by atoms with E-state index >= 15 is 0 Å². The van der Waals surface area contributed by atoms with Crippen molar-refractivity contribution in [3.8, 4) is 16.9 Å². The number of hydrogen-bond donors (Lipinski definition) is 0. The predicted molar refractivity (Wildman–Crippen MR) is 132 cm³/mol. The Bertz CT molecular complexity index is 1290. The zero-order chi connectivity index (χ0) is 22.1. The number of benzene rings is 3. The van der Waals surface area contributed by atoms with E-state index in [4.69, 9.17) is 5.10 Å². The lowest BCUT2D eigenvalue weighted by Crippen LogP contribution is -2.42. The zero-order valence-corrected chi connectivity index (χ0v) is 18.6. The molecule has 0 atom stereocenters. The highest BCUT2D eigenvalue weighted by molar-refractivity contribution is 5.93. The van der Waals surface area contributed by atoms with Crippen LogP contribution in [0.15, 0.2) is 83.7 Å². The summed E-state index contributed by atoms with van der Waals surface area (Å²) in [7, 11) is 4.31. The quantitative estimate of drug-likeness (QED) is 0.481. The molecule has 162 valence electrons. The molecule has 4 aromatic rings. The largest absolute Gasteiger partial charge is 0.371 e. The van der Waals surface area contributed by atoms with Crippen LogP contribution in [0.5, 0.6) is 0 Å². The number of rotatable bonds is 4. The highest BCUT2D eigenvalue weighted by Crippen LogP contribution is 2.27. The van der Waals surface area contributed by atoms with Gasteiger partial charge in [-0.05, 0) is 51.2 Å². The molecule has 0 saturated carbocycles. The van der Waals surface area contributed by atoms with Crippen LogP contribution in [0.2, 0.25) is 0 Å². The molecular formula is C27H28N4O. The van der Waals surface area contributed by atoms with Crippen LogP contribution in [0.25, 0.3) is 27.7 Å². The molecule has 5 heteroatoms. The van der Waals surface area contributed by atoms with Crippen LogP contribution in [0.3, 0.4) is 0 Å². The van der Waals surface area contributed by atoms with Crippen molar-refractivity contribution in [2.24, 2.45) is 0 Å².